The Morgan fingerprint density at radius 1 is 1.17 bits per heavy atom. The maximum atomic E-state index is 13.3. The number of hydrazone groups is 1. The third-order valence-electron chi connectivity index (χ3n) is 2.62. The zero-order valence-electron chi connectivity index (χ0n) is 11.7. The average Bonchev–Trinajstić information content (AvgIpc) is 2.55. The van der Waals surface area contributed by atoms with E-state index in [1.54, 1.807) is 0 Å². The molecule has 0 fully saturated rings. The Morgan fingerprint density at radius 2 is 1.75 bits per heavy atom. The fraction of sp³-hybridized carbons (Fsp3) is 0.0714. The molecular formula is C14H8F4N3O3-. The summed E-state index contributed by atoms with van der Waals surface area (Å²) in [6, 6.07) is 5.74. The summed E-state index contributed by atoms with van der Waals surface area (Å²) in [5.74, 6) is -8.17. The average molecular weight is 342 g/mol. The Bertz CT molecular complexity index is 756. The number of nitrogens with zero attached hydrogens (tertiary/aromatic N) is 2. The van der Waals surface area contributed by atoms with Crippen LogP contribution in [-0.2, 0) is 4.79 Å². The van der Waals surface area contributed by atoms with Crippen molar-refractivity contribution in [1.29, 1.82) is 0 Å². The van der Waals surface area contributed by atoms with E-state index >= 15 is 0 Å². The minimum absolute atomic E-state index is 0.250. The van der Waals surface area contributed by atoms with Crippen molar-refractivity contribution in [3.05, 3.63) is 53.4 Å². The van der Waals surface area contributed by atoms with E-state index in [0.717, 1.165) is 6.21 Å². The molecule has 1 N–H and O–H groups in total. The third-order valence-corrected chi connectivity index (χ3v) is 2.62. The van der Waals surface area contributed by atoms with Crippen LogP contribution in [0.2, 0.25) is 0 Å². The van der Waals surface area contributed by atoms with Crippen molar-refractivity contribution >= 4 is 17.9 Å². The Hall–Kier alpha value is -3.17. The molecule has 2 aromatic rings. The van der Waals surface area contributed by atoms with Gasteiger partial charge in [0.2, 0.25) is 11.6 Å². The first-order valence-corrected chi connectivity index (χ1v) is 6.30. The molecule has 1 aromatic heterocycles. The van der Waals surface area contributed by atoms with Gasteiger partial charge in [-0.15, -0.1) is 0 Å². The zero-order valence-corrected chi connectivity index (χ0v) is 11.7. The molecule has 2 rings (SSSR count). The van der Waals surface area contributed by atoms with Crippen molar-refractivity contribution in [2.75, 3.05) is 12.0 Å². The van der Waals surface area contributed by atoms with E-state index in [1.807, 2.05) is 5.43 Å². The molecule has 0 atom stereocenters. The fourth-order valence-corrected chi connectivity index (χ4v) is 1.55. The van der Waals surface area contributed by atoms with Gasteiger partial charge in [0.05, 0.1) is 12.2 Å². The van der Waals surface area contributed by atoms with Crippen molar-refractivity contribution in [1.82, 2.24) is 4.98 Å². The van der Waals surface area contributed by atoms with E-state index in [4.69, 9.17) is 4.74 Å². The molecule has 1 aromatic carbocycles. The summed E-state index contributed by atoms with van der Waals surface area (Å²) in [4.78, 5) is 12.6. The predicted molar refractivity (Wildman–Crippen MR) is 72.2 cm³/mol. The van der Waals surface area contributed by atoms with Gasteiger partial charge in [-0.05, 0) is 29.8 Å². The number of anilines is 1. The molecule has 0 spiro atoms. The van der Waals surface area contributed by atoms with Crippen LogP contribution in [0.1, 0.15) is 5.56 Å². The maximum Gasteiger partial charge on any atom is 0.254 e. The van der Waals surface area contributed by atoms with Crippen LogP contribution in [0.4, 0.5) is 23.2 Å². The van der Waals surface area contributed by atoms with Crippen LogP contribution in [0.25, 0.3) is 0 Å². The molecule has 24 heavy (non-hydrogen) atoms. The molecule has 0 saturated heterocycles. The van der Waals surface area contributed by atoms with Crippen LogP contribution < -0.4 is 15.3 Å². The molecule has 0 aliphatic carbocycles. The predicted octanol–water partition coefficient (Wildman–Crippen LogP) is 1.21. The fourth-order valence-electron chi connectivity index (χ4n) is 1.55. The van der Waals surface area contributed by atoms with Gasteiger partial charge in [0, 0.05) is 0 Å². The minimum atomic E-state index is -1.80. The number of hydrogen-bond acceptors (Lipinski definition) is 6. The number of halogens is 4. The van der Waals surface area contributed by atoms with Crippen molar-refractivity contribution in [2.24, 2.45) is 5.10 Å². The number of pyridine rings is 1. The normalized spacial score (nSPS) is 10.8. The first-order valence-electron chi connectivity index (χ1n) is 6.30. The van der Waals surface area contributed by atoms with Gasteiger partial charge >= 0.3 is 0 Å². The Morgan fingerprint density at radius 3 is 2.29 bits per heavy atom. The van der Waals surface area contributed by atoms with Gasteiger partial charge in [-0.2, -0.15) is 27.6 Å². The van der Waals surface area contributed by atoms with Gasteiger partial charge in [-0.25, -0.2) is 0 Å². The highest BCUT2D eigenvalue weighted by atomic mass is 19.2. The number of carbonyl (C=O) groups is 1. The van der Waals surface area contributed by atoms with Gasteiger partial charge in [-0.1, -0.05) is 0 Å². The molecule has 126 valence electrons. The minimum Gasteiger partial charge on any atom is -0.546 e. The molecular weight excluding hydrogens is 334 g/mol. The Labute approximate surface area is 132 Å². The van der Waals surface area contributed by atoms with Crippen molar-refractivity contribution in [2.45, 2.75) is 0 Å². The molecule has 6 nitrogen and oxygen atoms in total. The summed E-state index contributed by atoms with van der Waals surface area (Å²) < 4.78 is 57.3. The summed E-state index contributed by atoms with van der Waals surface area (Å²) in [7, 11) is 0. The number of carboxylic acid groups (broad SMARTS) is 1. The molecule has 0 unspecified atom stereocenters. The van der Waals surface area contributed by atoms with Crippen molar-refractivity contribution < 1.29 is 32.2 Å². The Kier molecular flexibility index (Phi) is 5.30. The van der Waals surface area contributed by atoms with E-state index in [1.165, 1.54) is 24.3 Å². The van der Waals surface area contributed by atoms with Crippen LogP contribution in [0.3, 0.4) is 0 Å². The van der Waals surface area contributed by atoms with Crippen LogP contribution in [0.15, 0.2) is 29.4 Å². The summed E-state index contributed by atoms with van der Waals surface area (Å²) in [6.45, 7) is -0.618. The molecule has 10 heteroatoms. The van der Waals surface area contributed by atoms with E-state index in [0.29, 0.717) is 5.56 Å². The molecule has 0 amide bonds. The second-order valence-corrected chi connectivity index (χ2v) is 4.30. The second-order valence-electron chi connectivity index (χ2n) is 4.30. The smallest absolute Gasteiger partial charge is 0.254 e. The lowest BCUT2D eigenvalue weighted by atomic mass is 10.2. The molecule has 0 aliphatic rings. The highest BCUT2D eigenvalue weighted by Gasteiger charge is 2.20. The zero-order chi connectivity index (χ0) is 17.7. The molecule has 0 saturated carbocycles. The van der Waals surface area contributed by atoms with Crippen LogP contribution >= 0.6 is 0 Å². The van der Waals surface area contributed by atoms with Gasteiger partial charge in [0.15, 0.2) is 0 Å². The standard InChI is InChI=1S/C14H9F4N3O3/c15-10-12(11(16)14(18)20-13(10)17)21-19-5-7-1-3-8(4-2-7)24-6-9(22)23/h1-5H,6H2,(H,20,21)(H,22,23)/p-1/b19-5-. The number of rotatable bonds is 6. The topological polar surface area (TPSA) is 86.6 Å². The number of ether oxygens (including phenoxy) is 1. The summed E-state index contributed by atoms with van der Waals surface area (Å²) >= 11 is 0. The number of hydrogen-bond donors (Lipinski definition) is 1. The van der Waals surface area contributed by atoms with Crippen molar-refractivity contribution in [3.63, 3.8) is 0 Å². The van der Waals surface area contributed by atoms with Gasteiger partial charge in [-0.3, -0.25) is 5.43 Å². The first kappa shape index (κ1) is 17.2. The molecule has 0 radical (unpaired) electrons. The number of aromatic nitrogens is 1. The van der Waals surface area contributed by atoms with E-state index in [9.17, 15) is 27.5 Å². The molecule has 0 bridgehead atoms. The number of benzene rings is 1. The summed E-state index contributed by atoms with van der Waals surface area (Å²) in [5, 5.41) is 13.7. The molecule has 1 heterocycles. The number of carbonyl (C=O) groups excluding carboxylic acids is 1. The molecule has 0 aliphatic heterocycles. The lowest BCUT2D eigenvalue weighted by Crippen LogP contribution is -2.28. The van der Waals surface area contributed by atoms with Gasteiger partial charge in [0.1, 0.15) is 18.0 Å². The largest absolute Gasteiger partial charge is 0.546 e. The maximum absolute atomic E-state index is 13.3. The van der Waals surface area contributed by atoms with Crippen LogP contribution in [-0.4, -0.2) is 23.8 Å². The number of carboxylic acids is 1. The summed E-state index contributed by atoms with van der Waals surface area (Å²) in [6.07, 6.45) is 1.11. The quantitative estimate of drug-likeness (QED) is 0.369. The summed E-state index contributed by atoms with van der Waals surface area (Å²) in [5.41, 5.74) is 1.16. The van der Waals surface area contributed by atoms with Crippen LogP contribution in [0, 0.1) is 23.5 Å². The van der Waals surface area contributed by atoms with Gasteiger partial charge < -0.3 is 14.6 Å². The lowest BCUT2D eigenvalue weighted by Gasteiger charge is -2.06. The number of aliphatic carboxylic acids is 1. The van der Waals surface area contributed by atoms with E-state index in [2.05, 4.69) is 10.1 Å². The lowest BCUT2D eigenvalue weighted by molar-refractivity contribution is -0.307. The van der Waals surface area contributed by atoms with Gasteiger partial charge in [0.25, 0.3) is 11.9 Å². The third kappa shape index (κ3) is 4.18. The first-order chi connectivity index (χ1) is 11.4. The number of nitrogens with one attached hydrogen (secondary N) is 1. The SMILES string of the molecule is O=C([O-])COc1ccc(/C=N\Nc2c(F)c(F)nc(F)c2F)cc1. The van der Waals surface area contributed by atoms with Crippen molar-refractivity contribution in [3.8, 4) is 5.75 Å². The van der Waals surface area contributed by atoms with E-state index in [-0.39, 0.29) is 5.75 Å². The highest BCUT2D eigenvalue weighted by Crippen LogP contribution is 2.21. The van der Waals surface area contributed by atoms with E-state index < -0.39 is 41.8 Å². The monoisotopic (exact) mass is 342 g/mol. The second kappa shape index (κ2) is 7.40. The van der Waals surface area contributed by atoms with Crippen LogP contribution in [0.5, 0.6) is 5.75 Å². The highest BCUT2D eigenvalue weighted by molar-refractivity contribution is 5.80. The Balaban J connectivity index is 2.06.